The molecule has 1 unspecified atom stereocenters. The molecule has 138 valence electrons. The number of benzene rings is 2. The van der Waals surface area contributed by atoms with E-state index in [0.717, 1.165) is 39.2 Å². The van der Waals surface area contributed by atoms with Gasteiger partial charge in [-0.05, 0) is 36.8 Å². The minimum absolute atomic E-state index is 0.132. The predicted octanol–water partition coefficient (Wildman–Crippen LogP) is 4.98. The summed E-state index contributed by atoms with van der Waals surface area (Å²) in [6.45, 7) is 3.63. The van der Waals surface area contributed by atoms with Gasteiger partial charge < -0.3 is 5.32 Å². The highest BCUT2D eigenvalue weighted by Gasteiger charge is 2.23. The van der Waals surface area contributed by atoms with E-state index < -0.39 is 0 Å². The van der Waals surface area contributed by atoms with E-state index >= 15 is 0 Å². The third kappa shape index (κ3) is 4.04. The van der Waals surface area contributed by atoms with E-state index in [9.17, 15) is 4.79 Å². The highest BCUT2D eigenvalue weighted by Crippen LogP contribution is 2.36. The first-order valence-electron chi connectivity index (χ1n) is 9.00. The van der Waals surface area contributed by atoms with Crippen LogP contribution in [0, 0.1) is 0 Å². The van der Waals surface area contributed by atoms with Crippen molar-refractivity contribution in [2.24, 2.45) is 0 Å². The standard InChI is InChI=1S/C21H20ClN3OS/c1-2-25-13-19(27-18-9-7-17(22)8-10-18)21(24-25)15-5-3-14(4-6-15)16-11-20(26)23-12-16/h3-10,13,16H,2,11-12H2,1H3,(H,23,26). The Bertz CT molecular complexity index is 951. The lowest BCUT2D eigenvalue weighted by Gasteiger charge is -2.09. The molecule has 1 aromatic heterocycles. The summed E-state index contributed by atoms with van der Waals surface area (Å²) in [6.07, 6.45) is 2.66. The molecular weight excluding hydrogens is 378 g/mol. The zero-order valence-electron chi connectivity index (χ0n) is 15.0. The molecule has 0 radical (unpaired) electrons. The van der Waals surface area contributed by atoms with Crippen LogP contribution in [-0.4, -0.2) is 22.2 Å². The molecule has 2 aromatic carbocycles. The Balaban J connectivity index is 1.61. The maximum atomic E-state index is 11.5. The lowest BCUT2D eigenvalue weighted by molar-refractivity contribution is -0.119. The summed E-state index contributed by atoms with van der Waals surface area (Å²) in [5.74, 6) is 0.398. The number of hydrogen-bond donors (Lipinski definition) is 1. The maximum Gasteiger partial charge on any atom is 0.220 e. The van der Waals surface area contributed by atoms with Crippen molar-refractivity contribution in [3.8, 4) is 11.3 Å². The van der Waals surface area contributed by atoms with E-state index in [1.165, 1.54) is 5.56 Å². The van der Waals surface area contributed by atoms with Crippen LogP contribution in [0.4, 0.5) is 0 Å². The zero-order chi connectivity index (χ0) is 18.8. The van der Waals surface area contributed by atoms with E-state index in [0.29, 0.717) is 6.42 Å². The summed E-state index contributed by atoms with van der Waals surface area (Å²) in [6, 6.07) is 16.3. The molecule has 6 heteroatoms. The van der Waals surface area contributed by atoms with Crippen LogP contribution in [0.2, 0.25) is 5.02 Å². The van der Waals surface area contributed by atoms with Gasteiger partial charge in [-0.2, -0.15) is 5.10 Å². The molecule has 1 amide bonds. The third-order valence-corrected chi connectivity index (χ3v) is 6.01. The molecule has 0 bridgehead atoms. The Morgan fingerprint density at radius 2 is 1.93 bits per heavy atom. The minimum Gasteiger partial charge on any atom is -0.355 e. The van der Waals surface area contributed by atoms with Gasteiger partial charge in [0.15, 0.2) is 0 Å². The fraction of sp³-hybridized carbons (Fsp3) is 0.238. The first-order chi connectivity index (χ1) is 13.1. The monoisotopic (exact) mass is 397 g/mol. The average Bonchev–Trinajstić information content (AvgIpc) is 3.30. The number of nitrogens with zero attached hydrogens (tertiary/aromatic N) is 2. The second-order valence-corrected chi connectivity index (χ2v) is 8.13. The highest BCUT2D eigenvalue weighted by atomic mass is 35.5. The van der Waals surface area contributed by atoms with Crippen LogP contribution >= 0.6 is 23.4 Å². The predicted molar refractivity (Wildman–Crippen MR) is 109 cm³/mol. The van der Waals surface area contributed by atoms with Crippen LogP contribution in [0.25, 0.3) is 11.3 Å². The molecule has 1 saturated heterocycles. The second kappa shape index (κ2) is 7.79. The van der Waals surface area contributed by atoms with Gasteiger partial charge in [0.1, 0.15) is 5.69 Å². The molecule has 1 aliphatic heterocycles. The van der Waals surface area contributed by atoms with Crippen LogP contribution in [0.15, 0.2) is 64.5 Å². The van der Waals surface area contributed by atoms with Gasteiger partial charge in [0.25, 0.3) is 0 Å². The Morgan fingerprint density at radius 1 is 1.19 bits per heavy atom. The summed E-state index contributed by atoms with van der Waals surface area (Å²) in [7, 11) is 0. The molecular formula is C21H20ClN3OS. The summed E-state index contributed by atoms with van der Waals surface area (Å²) in [5.41, 5.74) is 3.25. The van der Waals surface area contributed by atoms with Gasteiger partial charge in [-0.1, -0.05) is 47.6 Å². The quantitative estimate of drug-likeness (QED) is 0.660. The van der Waals surface area contributed by atoms with Crippen LogP contribution < -0.4 is 5.32 Å². The van der Waals surface area contributed by atoms with Gasteiger partial charge in [0.05, 0.1) is 4.90 Å². The normalized spacial score (nSPS) is 16.5. The Labute approximate surface area is 167 Å². The summed E-state index contributed by atoms with van der Waals surface area (Å²) in [4.78, 5) is 13.7. The number of nitrogens with one attached hydrogen (secondary N) is 1. The van der Waals surface area contributed by atoms with E-state index in [-0.39, 0.29) is 11.8 Å². The zero-order valence-corrected chi connectivity index (χ0v) is 16.6. The van der Waals surface area contributed by atoms with Gasteiger partial charge in [0.2, 0.25) is 5.91 Å². The molecule has 27 heavy (non-hydrogen) atoms. The molecule has 2 heterocycles. The minimum atomic E-state index is 0.132. The molecule has 0 aliphatic carbocycles. The highest BCUT2D eigenvalue weighted by molar-refractivity contribution is 7.99. The van der Waals surface area contributed by atoms with Crippen molar-refractivity contribution in [1.29, 1.82) is 0 Å². The number of amides is 1. The van der Waals surface area contributed by atoms with Crippen molar-refractivity contribution in [3.63, 3.8) is 0 Å². The van der Waals surface area contributed by atoms with Crippen molar-refractivity contribution in [3.05, 3.63) is 65.3 Å². The maximum absolute atomic E-state index is 11.5. The Hall–Kier alpha value is -2.24. The number of halogens is 1. The Morgan fingerprint density at radius 3 is 2.56 bits per heavy atom. The molecule has 1 atom stereocenters. The van der Waals surface area contributed by atoms with Crippen molar-refractivity contribution in [2.75, 3.05) is 6.54 Å². The fourth-order valence-electron chi connectivity index (χ4n) is 3.22. The molecule has 1 aliphatic rings. The first-order valence-corrected chi connectivity index (χ1v) is 10.2. The molecule has 0 spiro atoms. The number of carbonyl (C=O) groups is 1. The summed E-state index contributed by atoms with van der Waals surface area (Å²) < 4.78 is 1.96. The van der Waals surface area contributed by atoms with Crippen molar-refractivity contribution in [2.45, 2.75) is 35.6 Å². The lowest BCUT2D eigenvalue weighted by Crippen LogP contribution is -2.13. The molecule has 4 nitrogen and oxygen atoms in total. The van der Waals surface area contributed by atoms with Crippen LogP contribution in [0.1, 0.15) is 24.8 Å². The smallest absolute Gasteiger partial charge is 0.220 e. The van der Waals surface area contributed by atoms with E-state index in [1.807, 2.05) is 28.9 Å². The first kappa shape index (κ1) is 18.1. The van der Waals surface area contributed by atoms with Crippen molar-refractivity contribution >= 4 is 29.3 Å². The van der Waals surface area contributed by atoms with Crippen molar-refractivity contribution in [1.82, 2.24) is 15.1 Å². The van der Waals surface area contributed by atoms with Crippen LogP contribution in [0.3, 0.4) is 0 Å². The topological polar surface area (TPSA) is 46.9 Å². The molecule has 1 N–H and O–H groups in total. The number of carbonyl (C=O) groups excluding carboxylic acids is 1. The van der Waals surface area contributed by atoms with Gasteiger partial charge in [-0.15, -0.1) is 0 Å². The SMILES string of the molecule is CCn1cc(Sc2ccc(Cl)cc2)c(-c2ccc(C3CNC(=O)C3)cc2)n1. The fourth-order valence-corrected chi connectivity index (χ4v) is 4.31. The Kier molecular flexibility index (Phi) is 5.23. The van der Waals surface area contributed by atoms with Gasteiger partial charge in [-0.25, -0.2) is 0 Å². The van der Waals surface area contributed by atoms with Crippen LogP contribution in [0.5, 0.6) is 0 Å². The largest absolute Gasteiger partial charge is 0.355 e. The van der Waals surface area contributed by atoms with E-state index in [4.69, 9.17) is 16.7 Å². The number of aryl methyl sites for hydroxylation is 1. The average molecular weight is 398 g/mol. The summed E-state index contributed by atoms with van der Waals surface area (Å²) >= 11 is 7.68. The number of rotatable bonds is 5. The van der Waals surface area contributed by atoms with Gasteiger partial charge >= 0.3 is 0 Å². The third-order valence-electron chi connectivity index (χ3n) is 4.73. The number of aromatic nitrogens is 2. The lowest BCUT2D eigenvalue weighted by atomic mass is 9.97. The summed E-state index contributed by atoms with van der Waals surface area (Å²) in [5, 5.41) is 8.39. The van der Waals surface area contributed by atoms with E-state index in [2.05, 4.69) is 42.7 Å². The van der Waals surface area contributed by atoms with E-state index in [1.54, 1.807) is 11.8 Å². The van der Waals surface area contributed by atoms with Gasteiger partial charge in [0, 0.05) is 47.1 Å². The molecule has 3 aromatic rings. The molecule has 1 fully saturated rings. The number of hydrogen-bond acceptors (Lipinski definition) is 3. The van der Waals surface area contributed by atoms with Gasteiger partial charge in [-0.3, -0.25) is 9.48 Å². The van der Waals surface area contributed by atoms with Crippen LogP contribution in [-0.2, 0) is 11.3 Å². The molecule has 4 rings (SSSR count). The van der Waals surface area contributed by atoms with Crippen molar-refractivity contribution < 1.29 is 4.79 Å². The second-order valence-electron chi connectivity index (χ2n) is 6.58. The molecule has 0 saturated carbocycles.